The monoisotopic (exact) mass is 323 g/mol. The highest BCUT2D eigenvalue weighted by atomic mass is 19.1. The van der Waals surface area contributed by atoms with E-state index in [1.54, 1.807) is 12.1 Å². The molecule has 0 spiro atoms. The van der Waals surface area contributed by atoms with Crippen molar-refractivity contribution in [1.82, 2.24) is 5.32 Å². The largest absolute Gasteiger partial charge is 0.480 e. The zero-order chi connectivity index (χ0) is 16.2. The highest BCUT2D eigenvalue weighted by molar-refractivity contribution is 5.28. The Balaban J connectivity index is 1.91. The minimum absolute atomic E-state index is 0.102. The summed E-state index contributed by atoms with van der Waals surface area (Å²) in [5.74, 6) is -2.02. The van der Waals surface area contributed by atoms with E-state index in [-0.39, 0.29) is 5.75 Å². The molecule has 0 aromatic heterocycles. The van der Waals surface area contributed by atoms with Gasteiger partial charge in [-0.1, -0.05) is 12.1 Å². The summed E-state index contributed by atoms with van der Waals surface area (Å²) in [4.78, 5) is 0. The summed E-state index contributed by atoms with van der Waals surface area (Å²) in [6.07, 6.45) is -1.12. The number of hydrogen-bond donors (Lipinski definition) is 1. The number of nitrogens with one attached hydrogen (secondary N) is 1. The van der Waals surface area contributed by atoms with E-state index in [1.807, 2.05) is 0 Å². The van der Waals surface area contributed by atoms with E-state index in [9.17, 15) is 13.2 Å². The molecule has 2 aromatic carbocycles. The van der Waals surface area contributed by atoms with Crippen LogP contribution in [0, 0.1) is 17.5 Å². The Hall–Kier alpha value is -2.05. The molecule has 1 aliphatic rings. The molecule has 3 nitrogen and oxygen atoms in total. The zero-order valence-corrected chi connectivity index (χ0v) is 12.3. The molecule has 122 valence electrons. The van der Waals surface area contributed by atoms with Crippen LogP contribution in [0.3, 0.4) is 0 Å². The number of rotatable bonds is 4. The molecule has 2 aromatic rings. The van der Waals surface area contributed by atoms with E-state index in [4.69, 9.17) is 9.47 Å². The van der Waals surface area contributed by atoms with Crippen molar-refractivity contribution in [3.8, 4) is 5.75 Å². The molecule has 0 bridgehead atoms. The van der Waals surface area contributed by atoms with Crippen LogP contribution in [-0.2, 0) is 4.74 Å². The lowest BCUT2D eigenvalue weighted by atomic mass is 10.0. The zero-order valence-electron chi connectivity index (χ0n) is 12.3. The van der Waals surface area contributed by atoms with E-state index < -0.39 is 29.7 Å². The SMILES string of the molecule is Fc1cccc(C(Oc2ccc(F)cc2F)C2CNCCO2)c1. The maximum atomic E-state index is 13.9. The van der Waals surface area contributed by atoms with E-state index in [0.29, 0.717) is 25.3 Å². The average molecular weight is 323 g/mol. The maximum absolute atomic E-state index is 13.9. The summed E-state index contributed by atoms with van der Waals surface area (Å²) in [7, 11) is 0. The van der Waals surface area contributed by atoms with Gasteiger partial charge >= 0.3 is 0 Å². The van der Waals surface area contributed by atoms with E-state index >= 15 is 0 Å². The smallest absolute Gasteiger partial charge is 0.168 e. The van der Waals surface area contributed by atoms with E-state index in [1.165, 1.54) is 18.2 Å². The third-order valence-electron chi connectivity index (χ3n) is 3.62. The molecular weight excluding hydrogens is 307 g/mol. The first-order chi connectivity index (χ1) is 11.1. The molecule has 1 heterocycles. The Bertz CT molecular complexity index is 675. The van der Waals surface area contributed by atoms with Gasteiger partial charge in [0, 0.05) is 19.2 Å². The number of ether oxygens (including phenoxy) is 2. The van der Waals surface area contributed by atoms with Crippen LogP contribution in [0.5, 0.6) is 5.75 Å². The van der Waals surface area contributed by atoms with Crippen LogP contribution < -0.4 is 10.1 Å². The molecule has 1 saturated heterocycles. The molecule has 2 unspecified atom stereocenters. The molecule has 1 aliphatic heterocycles. The first kappa shape index (κ1) is 15.8. The Kier molecular flexibility index (Phi) is 4.83. The third kappa shape index (κ3) is 3.83. The minimum atomic E-state index is -0.810. The van der Waals surface area contributed by atoms with Gasteiger partial charge in [-0.3, -0.25) is 0 Å². The van der Waals surface area contributed by atoms with Gasteiger partial charge in [0.05, 0.1) is 6.61 Å². The normalized spacial score (nSPS) is 19.3. The van der Waals surface area contributed by atoms with Gasteiger partial charge in [0.25, 0.3) is 0 Å². The van der Waals surface area contributed by atoms with Gasteiger partial charge in [-0.2, -0.15) is 0 Å². The predicted molar refractivity (Wildman–Crippen MR) is 78.7 cm³/mol. The van der Waals surface area contributed by atoms with E-state index in [2.05, 4.69) is 5.32 Å². The van der Waals surface area contributed by atoms with Gasteiger partial charge in [-0.05, 0) is 29.8 Å². The molecule has 1 fully saturated rings. The molecule has 6 heteroatoms. The molecule has 23 heavy (non-hydrogen) atoms. The first-order valence-electron chi connectivity index (χ1n) is 7.33. The van der Waals surface area contributed by atoms with Crippen molar-refractivity contribution in [3.05, 3.63) is 65.5 Å². The van der Waals surface area contributed by atoms with Crippen molar-refractivity contribution < 1.29 is 22.6 Å². The maximum Gasteiger partial charge on any atom is 0.168 e. The van der Waals surface area contributed by atoms with Crippen molar-refractivity contribution in [1.29, 1.82) is 0 Å². The quantitative estimate of drug-likeness (QED) is 0.937. The molecule has 2 atom stereocenters. The minimum Gasteiger partial charge on any atom is -0.480 e. The Morgan fingerprint density at radius 3 is 2.61 bits per heavy atom. The van der Waals surface area contributed by atoms with Crippen molar-refractivity contribution in [2.24, 2.45) is 0 Å². The van der Waals surface area contributed by atoms with Crippen molar-refractivity contribution in [2.45, 2.75) is 12.2 Å². The van der Waals surface area contributed by atoms with Crippen molar-refractivity contribution >= 4 is 0 Å². The lowest BCUT2D eigenvalue weighted by Gasteiger charge is -2.31. The summed E-state index contributed by atoms with van der Waals surface area (Å²) in [5.41, 5.74) is 0.530. The summed E-state index contributed by atoms with van der Waals surface area (Å²) in [5, 5.41) is 3.16. The lowest BCUT2D eigenvalue weighted by Crippen LogP contribution is -2.43. The fraction of sp³-hybridized carbons (Fsp3) is 0.294. The third-order valence-corrected chi connectivity index (χ3v) is 3.62. The van der Waals surface area contributed by atoms with Gasteiger partial charge in [-0.15, -0.1) is 0 Å². The summed E-state index contributed by atoms with van der Waals surface area (Å²) >= 11 is 0. The average Bonchev–Trinajstić information content (AvgIpc) is 2.55. The van der Waals surface area contributed by atoms with Gasteiger partial charge in [0.2, 0.25) is 0 Å². The second-order valence-corrected chi connectivity index (χ2v) is 5.28. The molecule has 0 radical (unpaired) electrons. The summed E-state index contributed by atoms with van der Waals surface area (Å²) in [6, 6.07) is 8.96. The molecular formula is C17H16F3NO2. The van der Waals surface area contributed by atoms with Crippen LogP contribution in [0.2, 0.25) is 0 Å². The lowest BCUT2D eigenvalue weighted by molar-refractivity contribution is -0.0443. The second kappa shape index (κ2) is 7.02. The van der Waals surface area contributed by atoms with Crippen LogP contribution in [0.1, 0.15) is 11.7 Å². The fourth-order valence-corrected chi connectivity index (χ4v) is 2.53. The Labute approximate surface area is 132 Å². The number of benzene rings is 2. The first-order valence-corrected chi connectivity index (χ1v) is 7.33. The molecule has 0 amide bonds. The second-order valence-electron chi connectivity index (χ2n) is 5.28. The summed E-state index contributed by atoms with van der Waals surface area (Å²) < 4.78 is 51.8. The standard InChI is InChI=1S/C17H16F3NO2/c18-12-3-1-2-11(8-12)17(16-10-21-6-7-22-16)23-15-5-4-13(19)9-14(15)20/h1-5,8-9,16-17,21H,6-7,10H2. The van der Waals surface area contributed by atoms with Gasteiger partial charge in [0.15, 0.2) is 17.7 Å². The number of halogens is 3. The highest BCUT2D eigenvalue weighted by Crippen LogP contribution is 2.29. The Morgan fingerprint density at radius 2 is 1.91 bits per heavy atom. The molecule has 0 saturated carbocycles. The van der Waals surface area contributed by atoms with Crippen molar-refractivity contribution in [2.75, 3.05) is 19.7 Å². The topological polar surface area (TPSA) is 30.5 Å². The fourth-order valence-electron chi connectivity index (χ4n) is 2.53. The van der Waals surface area contributed by atoms with E-state index in [0.717, 1.165) is 12.1 Å². The predicted octanol–water partition coefficient (Wildman–Crippen LogP) is 3.21. The number of morpholine rings is 1. The van der Waals surface area contributed by atoms with Gasteiger partial charge < -0.3 is 14.8 Å². The van der Waals surface area contributed by atoms with Crippen LogP contribution in [0.4, 0.5) is 13.2 Å². The summed E-state index contributed by atoms with van der Waals surface area (Å²) in [6.45, 7) is 1.67. The van der Waals surface area contributed by atoms with Crippen LogP contribution in [0.25, 0.3) is 0 Å². The van der Waals surface area contributed by atoms with Crippen LogP contribution in [-0.4, -0.2) is 25.8 Å². The molecule has 3 rings (SSSR count). The molecule has 1 N–H and O–H groups in total. The molecule has 0 aliphatic carbocycles. The Morgan fingerprint density at radius 1 is 1.09 bits per heavy atom. The van der Waals surface area contributed by atoms with Crippen LogP contribution in [0.15, 0.2) is 42.5 Å². The highest BCUT2D eigenvalue weighted by Gasteiger charge is 2.29. The van der Waals surface area contributed by atoms with Crippen molar-refractivity contribution in [3.63, 3.8) is 0 Å². The van der Waals surface area contributed by atoms with Crippen LogP contribution >= 0.6 is 0 Å². The van der Waals surface area contributed by atoms with Gasteiger partial charge in [-0.25, -0.2) is 13.2 Å². The number of hydrogen-bond acceptors (Lipinski definition) is 3. The van der Waals surface area contributed by atoms with Gasteiger partial charge in [0.1, 0.15) is 17.7 Å².